The molecule has 0 amide bonds. The van der Waals surface area contributed by atoms with Gasteiger partial charge in [0.1, 0.15) is 11.6 Å². The van der Waals surface area contributed by atoms with E-state index in [9.17, 15) is 0 Å². The van der Waals surface area contributed by atoms with Crippen LogP contribution >= 0.6 is 0 Å². The predicted molar refractivity (Wildman–Crippen MR) is 75.4 cm³/mol. The molecule has 0 saturated heterocycles. The molecule has 1 N–H and O–H groups in total. The highest BCUT2D eigenvalue weighted by Crippen LogP contribution is 2.35. The van der Waals surface area contributed by atoms with Gasteiger partial charge in [-0.1, -0.05) is 6.07 Å². The normalized spacial score (nSPS) is 14.3. The van der Waals surface area contributed by atoms with E-state index in [1.165, 1.54) is 11.1 Å². The zero-order chi connectivity index (χ0) is 13.4. The van der Waals surface area contributed by atoms with E-state index in [-0.39, 0.29) is 0 Å². The molecule has 0 fully saturated rings. The van der Waals surface area contributed by atoms with E-state index in [1.54, 1.807) is 7.11 Å². The van der Waals surface area contributed by atoms with E-state index in [1.807, 2.05) is 6.20 Å². The lowest BCUT2D eigenvalue weighted by molar-refractivity contribution is 0.412. The topological polar surface area (TPSA) is 39.1 Å². The number of hydrogen-bond donors (Lipinski definition) is 1. The quantitative estimate of drug-likeness (QED) is 0.897. The number of aromatic nitrogens is 2. The van der Waals surface area contributed by atoms with Gasteiger partial charge in [-0.3, -0.25) is 0 Å². The average molecular weight is 257 g/mol. The van der Waals surface area contributed by atoms with Crippen molar-refractivity contribution in [2.75, 3.05) is 13.7 Å². The number of nitrogens with zero attached hydrogens (tertiary/aromatic N) is 2. The number of rotatable bonds is 2. The highest BCUT2D eigenvalue weighted by atomic mass is 16.5. The first-order chi connectivity index (χ1) is 9.22. The van der Waals surface area contributed by atoms with Crippen molar-refractivity contribution in [2.24, 2.45) is 0 Å². The predicted octanol–water partition coefficient (Wildman–Crippen LogP) is 2.28. The first kappa shape index (κ1) is 12.2. The molecule has 2 heterocycles. The van der Waals surface area contributed by atoms with E-state index >= 15 is 0 Å². The van der Waals surface area contributed by atoms with Gasteiger partial charge in [-0.2, -0.15) is 0 Å². The minimum absolute atomic E-state index is 0.840. The summed E-state index contributed by atoms with van der Waals surface area (Å²) in [6, 6.07) is 4.28. The van der Waals surface area contributed by atoms with Crippen molar-refractivity contribution in [3.63, 3.8) is 0 Å². The van der Waals surface area contributed by atoms with E-state index in [2.05, 4.69) is 40.8 Å². The number of methoxy groups -OCH3 is 1. The van der Waals surface area contributed by atoms with Gasteiger partial charge >= 0.3 is 0 Å². The summed E-state index contributed by atoms with van der Waals surface area (Å²) >= 11 is 0. The van der Waals surface area contributed by atoms with Gasteiger partial charge in [-0.25, -0.2) is 4.98 Å². The number of benzene rings is 1. The summed E-state index contributed by atoms with van der Waals surface area (Å²) in [5.41, 5.74) is 4.73. The third-order valence-corrected chi connectivity index (χ3v) is 3.89. The molecule has 0 unspecified atom stereocenters. The number of hydrogen-bond acceptors (Lipinski definition) is 3. The van der Waals surface area contributed by atoms with Crippen LogP contribution in [0.25, 0.3) is 11.3 Å². The summed E-state index contributed by atoms with van der Waals surface area (Å²) in [5, 5.41) is 3.34. The molecular formula is C15H19N3O. The molecular weight excluding hydrogens is 238 g/mol. The lowest BCUT2D eigenvalue weighted by atomic mass is 10.0. The minimum atomic E-state index is 0.840. The van der Waals surface area contributed by atoms with Crippen LogP contribution in [-0.4, -0.2) is 23.2 Å². The van der Waals surface area contributed by atoms with E-state index < -0.39 is 0 Å². The van der Waals surface area contributed by atoms with Crippen LogP contribution in [0.4, 0.5) is 0 Å². The monoisotopic (exact) mass is 257 g/mol. The van der Waals surface area contributed by atoms with Gasteiger partial charge in [0.2, 0.25) is 0 Å². The molecule has 19 heavy (non-hydrogen) atoms. The van der Waals surface area contributed by atoms with Crippen LogP contribution in [0.5, 0.6) is 5.75 Å². The summed E-state index contributed by atoms with van der Waals surface area (Å²) < 4.78 is 7.90. The van der Waals surface area contributed by atoms with Crippen molar-refractivity contribution in [1.29, 1.82) is 0 Å². The number of aryl methyl sites for hydroxylation is 1. The summed E-state index contributed by atoms with van der Waals surface area (Å²) in [5.74, 6) is 2.06. The van der Waals surface area contributed by atoms with Crippen LogP contribution in [0.1, 0.15) is 17.0 Å². The molecule has 0 saturated carbocycles. The summed E-state index contributed by atoms with van der Waals surface area (Å²) in [6.07, 6.45) is 1.95. The summed E-state index contributed by atoms with van der Waals surface area (Å²) in [6.45, 7) is 7.00. The Morgan fingerprint density at radius 2 is 2.16 bits per heavy atom. The van der Waals surface area contributed by atoms with Crippen molar-refractivity contribution in [2.45, 2.75) is 26.9 Å². The molecule has 1 aliphatic heterocycles. The molecule has 0 aliphatic carbocycles. The second-order valence-corrected chi connectivity index (χ2v) is 4.98. The van der Waals surface area contributed by atoms with Crippen molar-refractivity contribution < 1.29 is 4.74 Å². The second-order valence-electron chi connectivity index (χ2n) is 4.98. The Labute approximate surface area is 113 Å². The van der Waals surface area contributed by atoms with Crippen LogP contribution in [0, 0.1) is 13.8 Å². The van der Waals surface area contributed by atoms with Crippen molar-refractivity contribution in [3.05, 3.63) is 35.3 Å². The fraction of sp³-hybridized carbons (Fsp3) is 0.400. The molecule has 3 rings (SSSR count). The number of ether oxygens (including phenoxy) is 1. The molecule has 0 spiro atoms. The first-order valence-corrected chi connectivity index (χ1v) is 6.62. The van der Waals surface area contributed by atoms with Crippen LogP contribution in [0.15, 0.2) is 18.3 Å². The molecule has 0 radical (unpaired) electrons. The van der Waals surface area contributed by atoms with Crippen molar-refractivity contribution >= 4 is 0 Å². The van der Waals surface area contributed by atoms with Gasteiger partial charge in [0.15, 0.2) is 0 Å². The van der Waals surface area contributed by atoms with Gasteiger partial charge in [-0.05, 0) is 31.0 Å². The van der Waals surface area contributed by atoms with Crippen LogP contribution < -0.4 is 10.1 Å². The lowest BCUT2D eigenvalue weighted by Crippen LogP contribution is -2.28. The van der Waals surface area contributed by atoms with Crippen molar-refractivity contribution in [1.82, 2.24) is 14.9 Å². The zero-order valence-electron chi connectivity index (χ0n) is 11.7. The molecule has 4 nitrogen and oxygen atoms in total. The maximum atomic E-state index is 5.62. The maximum absolute atomic E-state index is 5.62. The Morgan fingerprint density at radius 1 is 1.32 bits per heavy atom. The van der Waals surface area contributed by atoms with Crippen LogP contribution in [-0.2, 0) is 13.1 Å². The standard InChI is InChI=1S/C15H19N3O/c1-10-4-5-12(15(19-3)11(10)2)13-8-17-14-9-16-6-7-18(13)14/h4-5,8,16H,6-7,9H2,1-3H3. The minimum Gasteiger partial charge on any atom is -0.496 e. The Hall–Kier alpha value is -1.81. The van der Waals surface area contributed by atoms with Gasteiger partial charge in [-0.15, -0.1) is 0 Å². The molecule has 1 aromatic heterocycles. The highest BCUT2D eigenvalue weighted by molar-refractivity contribution is 5.70. The van der Waals surface area contributed by atoms with E-state index in [0.29, 0.717) is 0 Å². The fourth-order valence-corrected chi connectivity index (χ4v) is 2.67. The summed E-state index contributed by atoms with van der Waals surface area (Å²) in [7, 11) is 1.74. The SMILES string of the molecule is COc1c(-c2cnc3n2CCNC3)ccc(C)c1C. The fourth-order valence-electron chi connectivity index (χ4n) is 2.67. The number of fused-ring (bicyclic) bond motifs is 1. The van der Waals surface area contributed by atoms with Gasteiger partial charge in [0, 0.05) is 18.7 Å². The Kier molecular flexibility index (Phi) is 3.03. The van der Waals surface area contributed by atoms with Gasteiger partial charge in [0.25, 0.3) is 0 Å². The molecule has 0 atom stereocenters. The van der Waals surface area contributed by atoms with Crippen LogP contribution in [0.3, 0.4) is 0 Å². The largest absolute Gasteiger partial charge is 0.496 e. The number of imidazole rings is 1. The highest BCUT2D eigenvalue weighted by Gasteiger charge is 2.18. The zero-order valence-corrected chi connectivity index (χ0v) is 11.7. The smallest absolute Gasteiger partial charge is 0.131 e. The average Bonchev–Trinajstić information content (AvgIpc) is 2.85. The number of nitrogens with one attached hydrogen (secondary N) is 1. The molecule has 1 aliphatic rings. The van der Waals surface area contributed by atoms with Gasteiger partial charge in [0.05, 0.1) is 25.5 Å². The third-order valence-electron chi connectivity index (χ3n) is 3.89. The molecule has 0 bridgehead atoms. The second kappa shape index (κ2) is 4.70. The lowest BCUT2D eigenvalue weighted by Gasteiger charge is -2.19. The molecule has 100 valence electrons. The van der Waals surface area contributed by atoms with Crippen molar-refractivity contribution in [3.8, 4) is 17.0 Å². The molecule has 2 aromatic rings. The van der Waals surface area contributed by atoms with Gasteiger partial charge < -0.3 is 14.6 Å². The first-order valence-electron chi connectivity index (χ1n) is 6.62. The van der Waals surface area contributed by atoms with Crippen LogP contribution in [0.2, 0.25) is 0 Å². The third kappa shape index (κ3) is 1.92. The molecule has 4 heteroatoms. The Balaban J connectivity index is 2.17. The maximum Gasteiger partial charge on any atom is 0.131 e. The Morgan fingerprint density at radius 3 is 2.95 bits per heavy atom. The summed E-state index contributed by atoms with van der Waals surface area (Å²) in [4.78, 5) is 4.51. The Bertz CT molecular complexity index is 616. The van der Waals surface area contributed by atoms with E-state index in [4.69, 9.17) is 4.74 Å². The van der Waals surface area contributed by atoms with E-state index in [0.717, 1.165) is 42.5 Å². The molecule has 1 aromatic carbocycles.